The van der Waals surface area contributed by atoms with Gasteiger partial charge in [-0.3, -0.25) is 4.79 Å². The lowest BCUT2D eigenvalue weighted by atomic mass is 10.2. The standard InChI is InChI=1S/C18H14BrN3O4S/c19-12-3-1-11(2-4-12)17-21-22(18(27)26-17)10-16(23)20-13-5-6-14-15(9-13)25-8-7-24-14/h1-6,9H,7-8,10H2,(H,20,23). The Bertz CT molecular complexity index is 1050. The second kappa shape index (κ2) is 7.53. The maximum atomic E-state index is 12.4. The SMILES string of the molecule is O=C(Cn1nc(-c2ccc(Br)cc2)oc1=S)Nc1ccc2c(c1)OCCO2. The lowest BCUT2D eigenvalue weighted by Crippen LogP contribution is -2.20. The number of hydrogen-bond donors (Lipinski definition) is 1. The molecule has 4 rings (SSSR count). The van der Waals surface area contributed by atoms with Crippen LogP contribution in [0.15, 0.2) is 51.4 Å². The van der Waals surface area contributed by atoms with Crippen molar-refractivity contribution in [3.8, 4) is 23.0 Å². The molecule has 0 bridgehead atoms. The third-order valence-electron chi connectivity index (χ3n) is 3.82. The Morgan fingerprint density at radius 2 is 1.89 bits per heavy atom. The van der Waals surface area contributed by atoms with Gasteiger partial charge >= 0.3 is 0 Å². The number of rotatable bonds is 4. The Morgan fingerprint density at radius 3 is 2.67 bits per heavy atom. The summed E-state index contributed by atoms with van der Waals surface area (Å²) in [5.41, 5.74) is 1.38. The smallest absolute Gasteiger partial charge is 0.287 e. The summed E-state index contributed by atoms with van der Waals surface area (Å²) in [5, 5.41) is 7.08. The molecule has 138 valence electrons. The van der Waals surface area contributed by atoms with Crippen molar-refractivity contribution in [1.82, 2.24) is 9.78 Å². The van der Waals surface area contributed by atoms with E-state index in [4.69, 9.17) is 26.1 Å². The first-order valence-corrected chi connectivity index (χ1v) is 9.32. The van der Waals surface area contributed by atoms with Gasteiger partial charge in [0.1, 0.15) is 19.8 Å². The zero-order chi connectivity index (χ0) is 18.8. The summed E-state index contributed by atoms with van der Waals surface area (Å²) in [6, 6.07) is 12.7. The molecule has 0 unspecified atom stereocenters. The molecular weight excluding hydrogens is 434 g/mol. The highest BCUT2D eigenvalue weighted by molar-refractivity contribution is 9.10. The van der Waals surface area contributed by atoms with Crippen LogP contribution in [0.1, 0.15) is 0 Å². The summed E-state index contributed by atoms with van der Waals surface area (Å²) in [6.45, 7) is 0.939. The normalized spacial score (nSPS) is 12.6. The van der Waals surface area contributed by atoms with Gasteiger partial charge in [-0.1, -0.05) is 15.9 Å². The van der Waals surface area contributed by atoms with E-state index >= 15 is 0 Å². The largest absolute Gasteiger partial charge is 0.486 e. The van der Waals surface area contributed by atoms with Crippen molar-refractivity contribution in [2.75, 3.05) is 18.5 Å². The molecule has 2 heterocycles. The van der Waals surface area contributed by atoms with Gasteiger partial charge in [0.25, 0.3) is 4.84 Å². The van der Waals surface area contributed by atoms with Crippen LogP contribution in [0.2, 0.25) is 0 Å². The van der Waals surface area contributed by atoms with Crippen LogP contribution >= 0.6 is 28.1 Å². The summed E-state index contributed by atoms with van der Waals surface area (Å²) in [5.74, 6) is 1.35. The van der Waals surface area contributed by atoms with Gasteiger partial charge in [0.2, 0.25) is 11.8 Å². The maximum absolute atomic E-state index is 12.4. The number of carbonyl (C=O) groups excluding carboxylic acids is 1. The number of fused-ring (bicyclic) bond motifs is 1. The molecular formula is C18H14BrN3O4S. The van der Waals surface area contributed by atoms with Gasteiger partial charge in [-0.15, -0.1) is 5.10 Å². The van der Waals surface area contributed by atoms with Crippen LogP contribution in [-0.4, -0.2) is 28.9 Å². The van der Waals surface area contributed by atoms with Crippen molar-refractivity contribution in [2.24, 2.45) is 0 Å². The molecule has 1 N–H and O–H groups in total. The molecule has 0 aliphatic carbocycles. The first-order chi connectivity index (χ1) is 13.1. The van der Waals surface area contributed by atoms with Crippen LogP contribution in [0, 0.1) is 4.84 Å². The van der Waals surface area contributed by atoms with Crippen LogP contribution in [0.3, 0.4) is 0 Å². The van der Waals surface area contributed by atoms with E-state index in [0.717, 1.165) is 10.0 Å². The Kier molecular flexibility index (Phi) is 4.95. The summed E-state index contributed by atoms with van der Waals surface area (Å²) in [7, 11) is 0. The predicted molar refractivity (Wildman–Crippen MR) is 105 cm³/mol. The minimum absolute atomic E-state index is 0.0622. The molecule has 0 atom stereocenters. The van der Waals surface area contributed by atoms with Crippen molar-refractivity contribution < 1.29 is 18.7 Å². The lowest BCUT2D eigenvalue weighted by molar-refractivity contribution is -0.117. The Morgan fingerprint density at radius 1 is 1.15 bits per heavy atom. The van der Waals surface area contributed by atoms with E-state index in [2.05, 4.69) is 26.3 Å². The molecule has 0 fully saturated rings. The van der Waals surface area contributed by atoms with E-state index in [1.807, 2.05) is 24.3 Å². The van der Waals surface area contributed by atoms with Crippen molar-refractivity contribution in [2.45, 2.75) is 6.54 Å². The third kappa shape index (κ3) is 4.04. The number of anilines is 1. The molecule has 0 saturated heterocycles. The van der Waals surface area contributed by atoms with Crippen molar-refractivity contribution in [3.63, 3.8) is 0 Å². The Balaban J connectivity index is 1.47. The van der Waals surface area contributed by atoms with Crippen LogP contribution < -0.4 is 14.8 Å². The molecule has 1 aliphatic rings. The van der Waals surface area contributed by atoms with Crippen LogP contribution in [0.4, 0.5) is 5.69 Å². The topological polar surface area (TPSA) is 78.5 Å². The second-order valence-electron chi connectivity index (χ2n) is 5.74. The zero-order valence-corrected chi connectivity index (χ0v) is 16.4. The highest BCUT2D eigenvalue weighted by atomic mass is 79.9. The number of nitrogens with one attached hydrogen (secondary N) is 1. The monoisotopic (exact) mass is 447 g/mol. The average Bonchev–Trinajstić information content (AvgIpc) is 3.02. The molecule has 2 aromatic carbocycles. The second-order valence-corrected chi connectivity index (χ2v) is 7.01. The van der Waals surface area contributed by atoms with E-state index < -0.39 is 0 Å². The first-order valence-electron chi connectivity index (χ1n) is 8.12. The van der Waals surface area contributed by atoms with E-state index in [-0.39, 0.29) is 17.3 Å². The molecule has 0 spiro atoms. The van der Waals surface area contributed by atoms with Crippen LogP contribution in [0.5, 0.6) is 11.5 Å². The van der Waals surface area contributed by atoms with Crippen molar-refractivity contribution in [1.29, 1.82) is 0 Å². The third-order valence-corrected chi connectivity index (χ3v) is 4.64. The lowest BCUT2D eigenvalue weighted by Gasteiger charge is -2.18. The number of carbonyl (C=O) groups is 1. The number of amides is 1. The zero-order valence-electron chi connectivity index (χ0n) is 14.0. The summed E-state index contributed by atoms with van der Waals surface area (Å²) in [6.07, 6.45) is 0. The van der Waals surface area contributed by atoms with Gasteiger partial charge < -0.3 is 19.2 Å². The van der Waals surface area contributed by atoms with Crippen LogP contribution in [-0.2, 0) is 11.3 Å². The molecule has 9 heteroatoms. The minimum atomic E-state index is -0.279. The molecule has 3 aromatic rings. The molecule has 0 saturated carbocycles. The molecule has 7 nitrogen and oxygen atoms in total. The van der Waals surface area contributed by atoms with E-state index in [0.29, 0.717) is 36.3 Å². The average molecular weight is 448 g/mol. The van der Waals surface area contributed by atoms with Crippen LogP contribution in [0.25, 0.3) is 11.5 Å². The fourth-order valence-electron chi connectivity index (χ4n) is 2.57. The van der Waals surface area contributed by atoms with Crippen molar-refractivity contribution >= 4 is 39.7 Å². The molecule has 0 radical (unpaired) electrons. The minimum Gasteiger partial charge on any atom is -0.486 e. The number of halogens is 1. The Hall–Kier alpha value is -2.65. The first kappa shape index (κ1) is 17.7. The number of benzene rings is 2. The highest BCUT2D eigenvalue weighted by Crippen LogP contribution is 2.32. The van der Waals surface area contributed by atoms with Gasteiger partial charge in [0, 0.05) is 21.8 Å². The highest BCUT2D eigenvalue weighted by Gasteiger charge is 2.14. The van der Waals surface area contributed by atoms with Gasteiger partial charge in [-0.2, -0.15) is 0 Å². The number of nitrogens with zero attached hydrogens (tertiary/aromatic N) is 2. The molecule has 1 aromatic heterocycles. The molecule has 27 heavy (non-hydrogen) atoms. The number of ether oxygens (including phenoxy) is 2. The fraction of sp³-hybridized carbons (Fsp3) is 0.167. The Labute approximate surface area is 168 Å². The predicted octanol–water partition coefficient (Wildman–Crippen LogP) is 4.04. The van der Waals surface area contributed by atoms with Gasteiger partial charge in [0.15, 0.2) is 11.5 Å². The number of aromatic nitrogens is 2. The molecule has 1 aliphatic heterocycles. The fourth-order valence-corrected chi connectivity index (χ4v) is 3.02. The summed E-state index contributed by atoms with van der Waals surface area (Å²) < 4.78 is 18.8. The summed E-state index contributed by atoms with van der Waals surface area (Å²) >= 11 is 8.55. The molecule has 1 amide bonds. The maximum Gasteiger partial charge on any atom is 0.287 e. The quantitative estimate of drug-likeness (QED) is 0.607. The van der Waals surface area contributed by atoms with E-state index in [1.54, 1.807) is 18.2 Å². The van der Waals surface area contributed by atoms with Gasteiger partial charge in [0.05, 0.1) is 0 Å². The van der Waals surface area contributed by atoms with Crippen molar-refractivity contribution in [3.05, 3.63) is 51.8 Å². The van der Waals surface area contributed by atoms with Gasteiger partial charge in [-0.25, -0.2) is 4.68 Å². The number of hydrogen-bond acceptors (Lipinski definition) is 6. The van der Waals surface area contributed by atoms with E-state index in [1.165, 1.54) is 4.68 Å². The van der Waals surface area contributed by atoms with Gasteiger partial charge in [-0.05, 0) is 48.6 Å². The summed E-state index contributed by atoms with van der Waals surface area (Å²) in [4.78, 5) is 12.5. The van der Waals surface area contributed by atoms with E-state index in [9.17, 15) is 4.79 Å².